The van der Waals surface area contributed by atoms with Crippen LogP contribution in [0.5, 0.6) is 0 Å². The SMILES string of the molecule is CCOC(=O)C1C(C)=NC(C)=C(C(=O)OCCN(C)Cc2ccccc2)C1c1csc2ccccc12. The molecule has 36 heavy (non-hydrogen) atoms. The van der Waals surface area contributed by atoms with E-state index in [0.717, 1.165) is 22.2 Å². The number of benzene rings is 2. The fourth-order valence-corrected chi connectivity index (χ4v) is 5.76. The Balaban J connectivity index is 1.59. The predicted molar refractivity (Wildman–Crippen MR) is 144 cm³/mol. The molecule has 1 aromatic heterocycles. The smallest absolute Gasteiger partial charge is 0.336 e. The molecule has 6 nitrogen and oxygen atoms in total. The Labute approximate surface area is 216 Å². The first-order chi connectivity index (χ1) is 17.4. The van der Waals surface area contributed by atoms with Crippen molar-refractivity contribution in [2.45, 2.75) is 33.2 Å². The Morgan fingerprint density at radius 1 is 1.03 bits per heavy atom. The van der Waals surface area contributed by atoms with E-state index < -0.39 is 17.8 Å². The van der Waals surface area contributed by atoms with Crippen LogP contribution in [0, 0.1) is 5.92 Å². The van der Waals surface area contributed by atoms with E-state index in [-0.39, 0.29) is 19.2 Å². The van der Waals surface area contributed by atoms with Gasteiger partial charge < -0.3 is 9.47 Å². The molecule has 7 heteroatoms. The Morgan fingerprint density at radius 2 is 1.75 bits per heavy atom. The molecular weight excluding hydrogens is 472 g/mol. The summed E-state index contributed by atoms with van der Waals surface area (Å²) in [7, 11) is 2.00. The van der Waals surface area contributed by atoms with Crippen molar-refractivity contribution in [3.05, 3.63) is 82.4 Å². The number of hydrogen-bond donors (Lipinski definition) is 0. The van der Waals surface area contributed by atoms with Crippen LogP contribution in [-0.4, -0.2) is 49.4 Å². The van der Waals surface area contributed by atoms with Crippen LogP contribution in [-0.2, 0) is 25.6 Å². The van der Waals surface area contributed by atoms with Gasteiger partial charge in [0.05, 0.1) is 12.2 Å². The molecule has 2 atom stereocenters. The summed E-state index contributed by atoms with van der Waals surface area (Å²) in [6.45, 7) is 7.27. The summed E-state index contributed by atoms with van der Waals surface area (Å²) in [6, 6.07) is 18.2. The number of nitrogens with zero attached hydrogens (tertiary/aromatic N) is 2. The maximum absolute atomic E-state index is 13.5. The molecule has 3 aromatic rings. The van der Waals surface area contributed by atoms with Gasteiger partial charge in [-0.15, -0.1) is 11.3 Å². The zero-order chi connectivity index (χ0) is 25.7. The Bertz CT molecular complexity index is 1290. The highest BCUT2D eigenvalue weighted by atomic mass is 32.1. The molecule has 0 N–H and O–H groups in total. The van der Waals surface area contributed by atoms with Crippen molar-refractivity contribution in [3.63, 3.8) is 0 Å². The van der Waals surface area contributed by atoms with Crippen molar-refractivity contribution < 1.29 is 19.1 Å². The van der Waals surface area contributed by atoms with Gasteiger partial charge in [-0.05, 0) is 55.8 Å². The van der Waals surface area contributed by atoms with Crippen LogP contribution in [0.4, 0.5) is 0 Å². The predicted octanol–water partition coefficient (Wildman–Crippen LogP) is 5.59. The standard InChI is InChI=1S/C29H32N2O4S/c1-5-34-28(32)25-19(2)30-20(3)26(27(25)23-18-36-24-14-10-9-13-22(23)24)29(33)35-16-15-31(4)17-21-11-7-6-8-12-21/h6-14,18,25,27H,5,15-17H2,1-4H3. The molecule has 1 aliphatic rings. The fourth-order valence-electron chi connectivity index (χ4n) is 4.76. The molecule has 0 amide bonds. The van der Waals surface area contributed by atoms with Crippen LogP contribution >= 0.6 is 11.3 Å². The van der Waals surface area contributed by atoms with Gasteiger partial charge in [-0.2, -0.15) is 0 Å². The van der Waals surface area contributed by atoms with Gasteiger partial charge >= 0.3 is 11.9 Å². The number of carbonyl (C=O) groups is 2. The number of carbonyl (C=O) groups excluding carboxylic acids is 2. The van der Waals surface area contributed by atoms with Crippen LogP contribution in [0.25, 0.3) is 10.1 Å². The zero-order valence-electron chi connectivity index (χ0n) is 21.2. The molecule has 2 unspecified atom stereocenters. The third-order valence-electron chi connectivity index (χ3n) is 6.44. The van der Waals surface area contributed by atoms with Crippen molar-refractivity contribution in [3.8, 4) is 0 Å². The van der Waals surface area contributed by atoms with Gasteiger partial charge in [-0.25, -0.2) is 4.79 Å². The largest absolute Gasteiger partial charge is 0.465 e. The monoisotopic (exact) mass is 504 g/mol. The van der Waals surface area contributed by atoms with Crippen molar-refractivity contribution in [2.24, 2.45) is 10.9 Å². The minimum Gasteiger partial charge on any atom is -0.465 e. The Hall–Kier alpha value is -3.29. The van der Waals surface area contributed by atoms with Crippen molar-refractivity contribution in [1.82, 2.24) is 4.90 Å². The molecule has 188 valence electrons. The van der Waals surface area contributed by atoms with E-state index in [1.165, 1.54) is 5.56 Å². The normalized spacial score (nSPS) is 17.9. The van der Waals surface area contributed by atoms with Gasteiger partial charge in [0.2, 0.25) is 0 Å². The van der Waals surface area contributed by atoms with Crippen LogP contribution < -0.4 is 0 Å². The van der Waals surface area contributed by atoms with Crippen LogP contribution in [0.2, 0.25) is 0 Å². The quantitative estimate of drug-likeness (QED) is 0.356. The van der Waals surface area contributed by atoms with Crippen molar-refractivity contribution in [1.29, 1.82) is 0 Å². The summed E-state index contributed by atoms with van der Waals surface area (Å²) in [5.41, 5.74) is 3.77. The van der Waals surface area contributed by atoms with E-state index in [1.807, 2.05) is 68.7 Å². The third kappa shape index (κ3) is 5.58. The molecule has 0 fully saturated rings. The highest BCUT2D eigenvalue weighted by Gasteiger charge is 2.43. The number of hydrogen-bond acceptors (Lipinski definition) is 7. The molecule has 0 bridgehead atoms. The average molecular weight is 505 g/mol. The number of likely N-dealkylation sites (N-methyl/N-ethyl adjacent to an activating group) is 1. The summed E-state index contributed by atoms with van der Waals surface area (Å²) in [5.74, 6) is -2.02. The highest BCUT2D eigenvalue weighted by molar-refractivity contribution is 7.17. The number of aliphatic imine (C=N–C) groups is 1. The molecule has 0 radical (unpaired) electrons. The lowest BCUT2D eigenvalue weighted by atomic mass is 9.75. The summed E-state index contributed by atoms with van der Waals surface area (Å²) >= 11 is 1.60. The topological polar surface area (TPSA) is 68.2 Å². The Kier molecular flexibility index (Phi) is 8.33. The third-order valence-corrected chi connectivity index (χ3v) is 7.42. The minimum atomic E-state index is -0.685. The fraction of sp³-hybridized carbons (Fsp3) is 0.345. The number of allylic oxidation sites excluding steroid dienone is 1. The maximum atomic E-state index is 13.5. The molecule has 0 saturated heterocycles. The molecular formula is C29H32N2O4S. The lowest BCUT2D eigenvalue weighted by Crippen LogP contribution is -2.37. The summed E-state index contributed by atoms with van der Waals surface area (Å²) in [6.07, 6.45) is 0. The number of ether oxygens (including phenoxy) is 2. The zero-order valence-corrected chi connectivity index (χ0v) is 22.0. The van der Waals surface area contributed by atoms with E-state index in [1.54, 1.807) is 18.3 Å². The molecule has 0 saturated carbocycles. The number of thiophene rings is 1. The highest BCUT2D eigenvalue weighted by Crippen LogP contribution is 2.44. The van der Waals surface area contributed by atoms with Gasteiger partial charge in [-0.1, -0.05) is 48.5 Å². The molecule has 4 rings (SSSR count). The maximum Gasteiger partial charge on any atom is 0.336 e. The first kappa shape index (κ1) is 25.8. The van der Waals surface area contributed by atoms with Crippen LogP contribution in [0.3, 0.4) is 0 Å². The van der Waals surface area contributed by atoms with Crippen LogP contribution in [0.1, 0.15) is 37.8 Å². The second-order valence-electron chi connectivity index (χ2n) is 9.01. The summed E-state index contributed by atoms with van der Waals surface area (Å²) in [4.78, 5) is 33.3. The number of rotatable bonds is 9. The Morgan fingerprint density at radius 3 is 2.50 bits per heavy atom. The van der Waals surface area contributed by atoms with Gasteiger partial charge in [0.15, 0.2) is 0 Å². The average Bonchev–Trinajstić information content (AvgIpc) is 3.28. The van der Waals surface area contributed by atoms with Gasteiger partial charge in [-0.3, -0.25) is 14.7 Å². The molecule has 1 aliphatic heterocycles. The first-order valence-electron chi connectivity index (χ1n) is 12.2. The lowest BCUT2D eigenvalue weighted by molar-refractivity contribution is -0.146. The van der Waals surface area contributed by atoms with Gasteiger partial charge in [0.1, 0.15) is 12.5 Å². The summed E-state index contributed by atoms with van der Waals surface area (Å²) in [5, 5.41) is 3.06. The van der Waals surface area contributed by atoms with Crippen LogP contribution in [0.15, 0.2) is 76.2 Å². The van der Waals surface area contributed by atoms with Gasteiger partial charge in [0, 0.05) is 35.1 Å². The molecule has 2 aromatic carbocycles. The van der Waals surface area contributed by atoms with Gasteiger partial charge in [0.25, 0.3) is 0 Å². The second-order valence-corrected chi connectivity index (χ2v) is 9.92. The van der Waals surface area contributed by atoms with E-state index >= 15 is 0 Å². The van der Waals surface area contributed by atoms with E-state index in [2.05, 4.69) is 22.0 Å². The molecule has 2 heterocycles. The second kappa shape index (κ2) is 11.6. The van der Waals surface area contributed by atoms with Crippen molar-refractivity contribution in [2.75, 3.05) is 26.8 Å². The van der Waals surface area contributed by atoms with E-state index in [0.29, 0.717) is 23.5 Å². The van der Waals surface area contributed by atoms with E-state index in [4.69, 9.17) is 9.47 Å². The molecule has 0 spiro atoms. The van der Waals surface area contributed by atoms with E-state index in [9.17, 15) is 9.59 Å². The number of fused-ring (bicyclic) bond motifs is 1. The van der Waals surface area contributed by atoms with Crippen molar-refractivity contribution >= 4 is 39.1 Å². The number of esters is 2. The minimum absolute atomic E-state index is 0.239. The lowest BCUT2D eigenvalue weighted by Gasteiger charge is -2.31. The summed E-state index contributed by atoms with van der Waals surface area (Å²) < 4.78 is 12.3. The first-order valence-corrected chi connectivity index (χ1v) is 13.1. The molecule has 0 aliphatic carbocycles.